The smallest absolute Gasteiger partial charge is 0.254 e. The molecule has 1 aliphatic carbocycles. The summed E-state index contributed by atoms with van der Waals surface area (Å²) in [5, 5.41) is 6.56. The number of rotatable bonds is 6. The maximum atomic E-state index is 13.1. The number of thioether (sulfide) groups is 1. The highest BCUT2D eigenvalue weighted by Crippen LogP contribution is 2.51. The van der Waals surface area contributed by atoms with Crippen molar-refractivity contribution in [2.24, 2.45) is 5.92 Å². The van der Waals surface area contributed by atoms with Crippen molar-refractivity contribution in [3.63, 3.8) is 0 Å². The maximum Gasteiger partial charge on any atom is 0.254 e. The minimum Gasteiger partial charge on any atom is -0.448 e. The Morgan fingerprint density at radius 3 is 2.53 bits per heavy atom. The topological polar surface area (TPSA) is 92.5 Å². The number of fused-ring (bicyclic) bond motifs is 1. The maximum absolute atomic E-state index is 13.1. The van der Waals surface area contributed by atoms with Crippen LogP contribution in [0, 0.1) is 19.8 Å². The molecule has 2 heterocycles. The number of aryl methyl sites for hydroxylation is 1. The van der Waals surface area contributed by atoms with Crippen LogP contribution in [0.1, 0.15) is 59.8 Å². The number of benzene rings is 1. The normalized spacial score (nSPS) is 23.7. The second kappa shape index (κ2) is 9.84. The number of amides is 1. The van der Waals surface area contributed by atoms with E-state index in [-0.39, 0.29) is 23.9 Å². The van der Waals surface area contributed by atoms with E-state index in [1.165, 1.54) is 11.8 Å². The molecule has 1 aromatic carbocycles. The van der Waals surface area contributed by atoms with Gasteiger partial charge in [-0.2, -0.15) is 0 Å². The van der Waals surface area contributed by atoms with Gasteiger partial charge in [0.1, 0.15) is 0 Å². The first-order valence-electron chi connectivity index (χ1n) is 11.6. The SMILES string of the molecule is CN[C@H]1CC[C@H]([C@@]2(C)Oc3c(Cl)cc(C(=O)NCc4c(SC)cc(C)[nH]c4=O)c(C)c3O2)CC1. The van der Waals surface area contributed by atoms with Crippen LogP contribution < -0.4 is 25.7 Å². The summed E-state index contributed by atoms with van der Waals surface area (Å²) in [5.74, 6) is 0.117. The Bertz CT molecular complexity index is 1160. The number of carbonyl (C=O) groups is 1. The van der Waals surface area contributed by atoms with Crippen molar-refractivity contribution in [1.29, 1.82) is 0 Å². The number of H-pyrrole nitrogens is 1. The lowest BCUT2D eigenvalue weighted by atomic mass is 9.81. The summed E-state index contributed by atoms with van der Waals surface area (Å²) < 4.78 is 12.7. The summed E-state index contributed by atoms with van der Waals surface area (Å²) in [4.78, 5) is 29.2. The van der Waals surface area contributed by atoms with Crippen LogP contribution in [0.3, 0.4) is 0 Å². The molecule has 184 valence electrons. The van der Waals surface area contributed by atoms with E-state index in [1.54, 1.807) is 6.07 Å². The van der Waals surface area contributed by atoms with E-state index in [2.05, 4.69) is 15.6 Å². The molecule has 0 unspecified atom stereocenters. The van der Waals surface area contributed by atoms with Crippen LogP contribution in [-0.2, 0) is 6.54 Å². The van der Waals surface area contributed by atoms with Gasteiger partial charge in [0.25, 0.3) is 17.3 Å². The van der Waals surface area contributed by atoms with Crippen molar-refractivity contribution in [2.75, 3.05) is 13.3 Å². The number of nitrogens with one attached hydrogen (secondary N) is 3. The Kier molecular flexibility index (Phi) is 7.22. The van der Waals surface area contributed by atoms with Crippen molar-refractivity contribution in [2.45, 2.75) is 69.7 Å². The number of pyridine rings is 1. The van der Waals surface area contributed by atoms with Gasteiger partial charge in [-0.25, -0.2) is 0 Å². The fraction of sp³-hybridized carbons (Fsp3) is 0.520. The molecule has 3 N–H and O–H groups in total. The van der Waals surface area contributed by atoms with Gasteiger partial charge in [-0.1, -0.05) is 11.6 Å². The molecule has 1 saturated carbocycles. The predicted octanol–water partition coefficient (Wildman–Crippen LogP) is 4.56. The largest absolute Gasteiger partial charge is 0.448 e. The first kappa shape index (κ1) is 24.9. The predicted molar refractivity (Wildman–Crippen MR) is 135 cm³/mol. The van der Waals surface area contributed by atoms with Crippen molar-refractivity contribution >= 4 is 29.3 Å². The number of carbonyl (C=O) groups excluding carboxylic acids is 1. The van der Waals surface area contributed by atoms with Gasteiger partial charge in [-0.15, -0.1) is 11.8 Å². The van der Waals surface area contributed by atoms with E-state index in [9.17, 15) is 9.59 Å². The van der Waals surface area contributed by atoms with Crippen LogP contribution in [0.4, 0.5) is 0 Å². The summed E-state index contributed by atoms with van der Waals surface area (Å²) in [5.41, 5.74) is 2.19. The molecule has 0 radical (unpaired) electrons. The van der Waals surface area contributed by atoms with E-state index < -0.39 is 5.79 Å². The lowest BCUT2D eigenvalue weighted by molar-refractivity contribution is -0.121. The molecule has 1 fully saturated rings. The number of halogens is 1. The third-order valence-electron chi connectivity index (χ3n) is 7.05. The zero-order valence-electron chi connectivity index (χ0n) is 20.3. The second-order valence-electron chi connectivity index (χ2n) is 9.26. The van der Waals surface area contributed by atoms with Crippen LogP contribution in [-0.4, -0.2) is 36.0 Å². The number of aromatic amines is 1. The summed E-state index contributed by atoms with van der Waals surface area (Å²) in [6.45, 7) is 5.74. The molecule has 1 amide bonds. The van der Waals surface area contributed by atoms with Crippen molar-refractivity contribution < 1.29 is 14.3 Å². The van der Waals surface area contributed by atoms with Gasteiger partial charge in [-0.3, -0.25) is 9.59 Å². The molecule has 4 rings (SSSR count). The highest BCUT2D eigenvalue weighted by Gasteiger charge is 2.47. The third-order valence-corrected chi connectivity index (χ3v) is 8.13. The average molecular weight is 506 g/mol. The molecule has 0 bridgehead atoms. The van der Waals surface area contributed by atoms with Gasteiger partial charge in [0, 0.05) is 52.7 Å². The molecule has 2 aromatic rings. The lowest BCUT2D eigenvalue weighted by Gasteiger charge is -2.37. The summed E-state index contributed by atoms with van der Waals surface area (Å²) in [6, 6.07) is 4.05. The average Bonchev–Trinajstić information content (AvgIpc) is 3.20. The molecule has 0 spiro atoms. The molecule has 2 aliphatic rings. The first-order chi connectivity index (χ1) is 16.2. The van der Waals surface area contributed by atoms with E-state index in [1.807, 2.05) is 40.1 Å². The standard InChI is InChI=1S/C25H32ClN3O4S/c1-13-10-20(34-5)18(24(31)29-13)12-28-23(30)17-11-19(26)22-21(14(17)2)32-25(3,33-22)15-6-8-16(27-4)9-7-15/h10-11,15-16,27H,6-9,12H2,1-5H3,(H,28,30)(H,29,31)/t15-,16-,25-/m1/s1. The van der Waals surface area contributed by atoms with E-state index in [0.717, 1.165) is 36.3 Å². The number of aromatic nitrogens is 1. The Labute approximate surface area is 209 Å². The molecule has 9 heteroatoms. The molecular formula is C25H32ClN3O4S. The molecule has 34 heavy (non-hydrogen) atoms. The fourth-order valence-electron chi connectivity index (χ4n) is 4.95. The Balaban J connectivity index is 1.53. The Hall–Kier alpha value is -2.16. The van der Waals surface area contributed by atoms with Crippen molar-refractivity contribution in [3.8, 4) is 11.5 Å². The number of hydrogen-bond acceptors (Lipinski definition) is 6. The van der Waals surface area contributed by atoms with Crippen LogP contribution in [0.5, 0.6) is 11.5 Å². The van der Waals surface area contributed by atoms with Crippen LogP contribution in [0.2, 0.25) is 5.02 Å². The summed E-state index contributed by atoms with van der Waals surface area (Å²) >= 11 is 8.03. The fourth-order valence-corrected chi connectivity index (χ4v) is 5.89. The third kappa shape index (κ3) is 4.68. The quantitative estimate of drug-likeness (QED) is 0.498. The molecule has 0 saturated heterocycles. The van der Waals surface area contributed by atoms with Gasteiger partial charge < -0.3 is 25.1 Å². The number of ether oxygens (including phenoxy) is 2. The monoisotopic (exact) mass is 505 g/mol. The number of hydrogen-bond donors (Lipinski definition) is 3. The molecule has 1 aromatic heterocycles. The van der Waals surface area contributed by atoms with E-state index in [0.29, 0.717) is 39.3 Å². The van der Waals surface area contributed by atoms with E-state index >= 15 is 0 Å². The van der Waals surface area contributed by atoms with Gasteiger partial charge >= 0.3 is 0 Å². The highest BCUT2D eigenvalue weighted by atomic mass is 35.5. The van der Waals surface area contributed by atoms with Crippen LogP contribution >= 0.6 is 23.4 Å². The van der Waals surface area contributed by atoms with E-state index in [4.69, 9.17) is 21.1 Å². The summed E-state index contributed by atoms with van der Waals surface area (Å²) in [7, 11) is 2.00. The minimum absolute atomic E-state index is 0.114. The zero-order chi connectivity index (χ0) is 24.6. The minimum atomic E-state index is -0.813. The zero-order valence-corrected chi connectivity index (χ0v) is 21.8. The van der Waals surface area contributed by atoms with Gasteiger partial charge in [0.15, 0.2) is 11.5 Å². The Morgan fingerprint density at radius 1 is 1.21 bits per heavy atom. The van der Waals surface area contributed by atoms with Gasteiger partial charge in [0.2, 0.25) is 0 Å². The van der Waals surface area contributed by atoms with Gasteiger partial charge in [-0.05, 0) is 65.0 Å². The molecule has 1 atom stereocenters. The van der Waals surface area contributed by atoms with Crippen LogP contribution in [0.25, 0.3) is 0 Å². The first-order valence-corrected chi connectivity index (χ1v) is 13.2. The van der Waals surface area contributed by atoms with Crippen LogP contribution in [0.15, 0.2) is 21.8 Å². The lowest BCUT2D eigenvalue weighted by Crippen LogP contribution is -2.46. The molecular weight excluding hydrogens is 474 g/mol. The highest BCUT2D eigenvalue weighted by molar-refractivity contribution is 7.98. The van der Waals surface area contributed by atoms with Crippen molar-refractivity contribution in [1.82, 2.24) is 15.6 Å². The van der Waals surface area contributed by atoms with Crippen molar-refractivity contribution in [3.05, 3.63) is 49.9 Å². The molecule has 1 aliphatic heterocycles. The van der Waals surface area contributed by atoms with Gasteiger partial charge in [0.05, 0.1) is 5.02 Å². The summed E-state index contributed by atoms with van der Waals surface area (Å²) in [6.07, 6.45) is 6.02. The second-order valence-corrected chi connectivity index (χ2v) is 10.5. The Morgan fingerprint density at radius 2 is 1.88 bits per heavy atom. The molecule has 7 nitrogen and oxygen atoms in total.